The number of carbonyl (C=O) groups is 2. The Labute approximate surface area is 166 Å². The van der Waals surface area contributed by atoms with Crippen molar-refractivity contribution in [1.29, 1.82) is 0 Å². The summed E-state index contributed by atoms with van der Waals surface area (Å²) >= 11 is 6.09. The van der Waals surface area contributed by atoms with Crippen LogP contribution in [0.25, 0.3) is 0 Å². The average molecular weight is 425 g/mol. The number of anilines is 1. The second kappa shape index (κ2) is 8.27. The molecule has 1 fully saturated rings. The SMILES string of the molecule is O=C(O)c1cccc(NC(=O)c2ccc(Cl)c(S(=O)(=O)N3CCOCC3)c2)c1. The zero-order valence-electron chi connectivity index (χ0n) is 14.6. The van der Waals surface area contributed by atoms with E-state index >= 15 is 0 Å². The molecule has 0 spiro atoms. The molecule has 148 valence electrons. The second-order valence-electron chi connectivity index (χ2n) is 6.00. The Morgan fingerprint density at radius 3 is 2.46 bits per heavy atom. The number of nitrogens with zero attached hydrogens (tertiary/aromatic N) is 1. The summed E-state index contributed by atoms with van der Waals surface area (Å²) in [6.45, 7) is 0.988. The summed E-state index contributed by atoms with van der Waals surface area (Å²) in [5, 5.41) is 11.6. The van der Waals surface area contributed by atoms with E-state index in [4.69, 9.17) is 21.4 Å². The molecule has 0 aliphatic carbocycles. The van der Waals surface area contributed by atoms with Gasteiger partial charge in [-0.3, -0.25) is 4.79 Å². The fourth-order valence-electron chi connectivity index (χ4n) is 2.70. The number of benzene rings is 2. The van der Waals surface area contributed by atoms with Crippen molar-refractivity contribution < 1.29 is 27.9 Å². The summed E-state index contributed by atoms with van der Waals surface area (Å²) in [5.74, 6) is -1.71. The van der Waals surface area contributed by atoms with E-state index in [1.807, 2.05) is 0 Å². The minimum absolute atomic E-state index is 0.0101. The fraction of sp³-hybridized carbons (Fsp3) is 0.222. The largest absolute Gasteiger partial charge is 0.478 e. The topological polar surface area (TPSA) is 113 Å². The van der Waals surface area contributed by atoms with E-state index in [0.29, 0.717) is 0 Å². The predicted octanol–water partition coefficient (Wildman–Crippen LogP) is 2.31. The van der Waals surface area contributed by atoms with Crippen LogP contribution in [0.15, 0.2) is 47.4 Å². The molecule has 1 aliphatic heterocycles. The summed E-state index contributed by atoms with van der Waals surface area (Å²) in [6.07, 6.45) is 0. The van der Waals surface area contributed by atoms with Gasteiger partial charge in [0.25, 0.3) is 5.91 Å². The number of carboxylic acids is 1. The van der Waals surface area contributed by atoms with Crippen LogP contribution in [0.3, 0.4) is 0 Å². The molecule has 1 saturated heterocycles. The quantitative estimate of drug-likeness (QED) is 0.761. The first-order chi connectivity index (χ1) is 13.3. The van der Waals surface area contributed by atoms with E-state index in [0.717, 1.165) is 0 Å². The van der Waals surface area contributed by atoms with E-state index in [2.05, 4.69) is 5.32 Å². The number of hydrogen-bond donors (Lipinski definition) is 2. The molecule has 0 aromatic heterocycles. The maximum absolute atomic E-state index is 12.8. The lowest BCUT2D eigenvalue weighted by Gasteiger charge is -2.26. The third-order valence-corrected chi connectivity index (χ3v) is 6.53. The first kappa shape index (κ1) is 20.3. The predicted molar refractivity (Wildman–Crippen MR) is 102 cm³/mol. The molecule has 0 bridgehead atoms. The molecule has 1 amide bonds. The standard InChI is InChI=1S/C18H17ClN2O6S/c19-15-5-4-12(11-16(15)28(25,26)21-6-8-27-9-7-21)17(22)20-14-3-1-2-13(10-14)18(23)24/h1-5,10-11H,6-9H2,(H,20,22)(H,23,24). The first-order valence-electron chi connectivity index (χ1n) is 8.31. The molecule has 1 aliphatic rings. The van der Waals surface area contributed by atoms with Crippen LogP contribution in [0.5, 0.6) is 0 Å². The average Bonchev–Trinajstić information content (AvgIpc) is 2.69. The smallest absolute Gasteiger partial charge is 0.335 e. The highest BCUT2D eigenvalue weighted by Gasteiger charge is 2.29. The maximum Gasteiger partial charge on any atom is 0.335 e. The van der Waals surface area contributed by atoms with Gasteiger partial charge in [-0.15, -0.1) is 0 Å². The van der Waals surface area contributed by atoms with Gasteiger partial charge in [-0.25, -0.2) is 13.2 Å². The van der Waals surface area contributed by atoms with Crippen LogP contribution in [-0.4, -0.2) is 56.0 Å². The summed E-state index contributed by atoms with van der Waals surface area (Å²) in [7, 11) is -3.88. The van der Waals surface area contributed by atoms with Crippen molar-refractivity contribution in [2.75, 3.05) is 31.6 Å². The van der Waals surface area contributed by atoms with E-state index in [1.54, 1.807) is 0 Å². The highest BCUT2D eigenvalue weighted by atomic mass is 35.5. The van der Waals surface area contributed by atoms with Gasteiger partial charge in [0, 0.05) is 24.3 Å². The normalized spacial score (nSPS) is 15.2. The number of amides is 1. The Kier molecular flexibility index (Phi) is 5.99. The van der Waals surface area contributed by atoms with Gasteiger partial charge in [0.15, 0.2) is 0 Å². The molecule has 2 N–H and O–H groups in total. The van der Waals surface area contributed by atoms with Gasteiger partial charge >= 0.3 is 5.97 Å². The van der Waals surface area contributed by atoms with Crippen LogP contribution < -0.4 is 5.32 Å². The molecule has 2 aromatic carbocycles. The molecule has 0 unspecified atom stereocenters. The number of morpholine rings is 1. The number of halogens is 1. The second-order valence-corrected chi connectivity index (χ2v) is 8.32. The van der Waals surface area contributed by atoms with Gasteiger partial charge in [-0.05, 0) is 36.4 Å². The molecule has 10 heteroatoms. The highest BCUT2D eigenvalue weighted by Crippen LogP contribution is 2.27. The van der Waals surface area contributed by atoms with Gasteiger partial charge in [-0.1, -0.05) is 17.7 Å². The van der Waals surface area contributed by atoms with Crippen molar-refractivity contribution in [3.05, 3.63) is 58.6 Å². The fourth-order valence-corrected chi connectivity index (χ4v) is 4.61. The number of carboxylic acid groups (broad SMARTS) is 1. The molecule has 3 rings (SSSR count). The number of nitrogens with one attached hydrogen (secondary N) is 1. The molecule has 1 heterocycles. The summed E-state index contributed by atoms with van der Waals surface area (Å²) < 4.78 is 32.1. The van der Waals surface area contributed by atoms with Gasteiger partial charge in [0.1, 0.15) is 4.90 Å². The molecular weight excluding hydrogens is 408 g/mol. The molecule has 0 radical (unpaired) electrons. The van der Waals surface area contributed by atoms with Crippen molar-refractivity contribution in [3.63, 3.8) is 0 Å². The number of hydrogen-bond acceptors (Lipinski definition) is 5. The first-order valence-corrected chi connectivity index (χ1v) is 10.1. The summed E-state index contributed by atoms with van der Waals surface area (Å²) in [5.41, 5.74) is 0.374. The number of rotatable bonds is 5. The lowest BCUT2D eigenvalue weighted by Crippen LogP contribution is -2.40. The van der Waals surface area contributed by atoms with Crippen LogP contribution in [0.1, 0.15) is 20.7 Å². The Balaban J connectivity index is 1.87. The Hall–Kier alpha value is -2.46. The Morgan fingerprint density at radius 2 is 1.79 bits per heavy atom. The molecule has 28 heavy (non-hydrogen) atoms. The monoisotopic (exact) mass is 424 g/mol. The molecular formula is C18H17ClN2O6S. The van der Waals surface area contributed by atoms with E-state index in [1.165, 1.54) is 46.8 Å². The molecule has 0 atom stereocenters. The van der Waals surface area contributed by atoms with Gasteiger partial charge in [-0.2, -0.15) is 4.31 Å². The Morgan fingerprint density at radius 1 is 1.07 bits per heavy atom. The third kappa shape index (κ3) is 4.33. The summed E-state index contributed by atoms with van der Waals surface area (Å²) in [4.78, 5) is 23.4. The minimum atomic E-state index is -3.88. The van der Waals surface area contributed by atoms with Crippen molar-refractivity contribution >= 4 is 39.2 Å². The lowest BCUT2D eigenvalue weighted by molar-refractivity contribution is 0.0696. The number of ether oxygens (including phenoxy) is 1. The van der Waals surface area contributed by atoms with E-state index in [-0.39, 0.29) is 53.0 Å². The number of sulfonamides is 1. The van der Waals surface area contributed by atoms with Gasteiger partial charge in [0.05, 0.1) is 23.8 Å². The van der Waals surface area contributed by atoms with Crippen molar-refractivity contribution in [2.24, 2.45) is 0 Å². The number of carbonyl (C=O) groups excluding carboxylic acids is 1. The van der Waals surface area contributed by atoms with Crippen LogP contribution in [-0.2, 0) is 14.8 Å². The van der Waals surface area contributed by atoms with Crippen LogP contribution in [0.4, 0.5) is 5.69 Å². The van der Waals surface area contributed by atoms with Crippen molar-refractivity contribution in [2.45, 2.75) is 4.90 Å². The van der Waals surface area contributed by atoms with Crippen LogP contribution in [0, 0.1) is 0 Å². The van der Waals surface area contributed by atoms with Gasteiger partial charge < -0.3 is 15.2 Å². The zero-order chi connectivity index (χ0) is 20.3. The zero-order valence-corrected chi connectivity index (χ0v) is 16.2. The highest BCUT2D eigenvalue weighted by molar-refractivity contribution is 7.89. The summed E-state index contributed by atoms with van der Waals surface area (Å²) in [6, 6.07) is 9.69. The molecule has 8 nitrogen and oxygen atoms in total. The van der Waals surface area contributed by atoms with E-state index < -0.39 is 21.9 Å². The van der Waals surface area contributed by atoms with Crippen molar-refractivity contribution in [3.8, 4) is 0 Å². The minimum Gasteiger partial charge on any atom is -0.478 e. The van der Waals surface area contributed by atoms with Gasteiger partial charge in [0.2, 0.25) is 10.0 Å². The van der Waals surface area contributed by atoms with E-state index in [9.17, 15) is 18.0 Å². The Bertz CT molecular complexity index is 1020. The molecule has 2 aromatic rings. The molecule has 0 saturated carbocycles. The number of aromatic carboxylic acids is 1. The lowest BCUT2D eigenvalue weighted by atomic mass is 10.1. The third-order valence-electron chi connectivity index (χ3n) is 4.15. The van der Waals surface area contributed by atoms with Crippen LogP contribution in [0.2, 0.25) is 5.02 Å². The van der Waals surface area contributed by atoms with Crippen LogP contribution >= 0.6 is 11.6 Å². The maximum atomic E-state index is 12.8. The van der Waals surface area contributed by atoms with Crippen molar-refractivity contribution in [1.82, 2.24) is 4.31 Å².